The Morgan fingerprint density at radius 3 is 0.969 bits per heavy atom. The molecule has 0 aliphatic rings. The lowest BCUT2D eigenvalue weighted by molar-refractivity contribution is 0.0918. The molecule has 0 saturated carbocycles. The molecule has 0 aliphatic heterocycles. The highest BCUT2D eigenvalue weighted by atomic mass is 16.5. The first kappa shape index (κ1) is 46.3. The van der Waals surface area contributed by atoms with Crippen LogP contribution in [-0.4, -0.2) is 76.8 Å². The van der Waals surface area contributed by atoms with Gasteiger partial charge in [0.15, 0.2) is 0 Å². The van der Waals surface area contributed by atoms with Gasteiger partial charge in [-0.3, -0.25) is 33.7 Å². The van der Waals surface area contributed by atoms with E-state index in [1.807, 2.05) is 95.9 Å². The average molecular weight is 870 g/mol. The van der Waals surface area contributed by atoms with Crippen molar-refractivity contribution < 1.29 is 28.6 Å². The summed E-state index contributed by atoms with van der Waals surface area (Å²) in [4.78, 5) is 88.4. The Morgan fingerprint density at radius 1 is 0.406 bits per heavy atom. The molecule has 0 radical (unpaired) electrons. The second kappa shape index (κ2) is 24.4. The van der Waals surface area contributed by atoms with Crippen LogP contribution in [0.4, 0.5) is 0 Å². The fraction of sp³-hybridized carbons (Fsp3) is 0.250. The van der Waals surface area contributed by atoms with Gasteiger partial charge in [0.25, 0.3) is 34.4 Å². The third-order valence-electron chi connectivity index (χ3n) is 10.1. The summed E-state index contributed by atoms with van der Waals surface area (Å²) in [6.45, 7) is 1.81. The zero-order valence-corrected chi connectivity index (χ0v) is 35.2. The molecule has 16 nitrogen and oxygen atoms in total. The van der Waals surface area contributed by atoms with Gasteiger partial charge in [0.05, 0.1) is 73.0 Å². The number of hydrogen-bond acceptors (Lipinski definition) is 10. The topological polar surface area (TPSA) is 217 Å². The Hall–Kier alpha value is -7.24. The van der Waals surface area contributed by atoms with Crippen molar-refractivity contribution in [1.82, 2.24) is 35.8 Å². The molecule has 6 N–H and O–H groups in total. The molecule has 3 aromatic carbocycles. The molecule has 3 aromatic heterocycles. The number of H-pyrrole nitrogens is 3. The third-order valence-corrected chi connectivity index (χ3v) is 10.1. The van der Waals surface area contributed by atoms with Gasteiger partial charge in [0, 0.05) is 57.9 Å². The summed E-state index contributed by atoms with van der Waals surface area (Å²) in [6.07, 6.45) is 4.20. The van der Waals surface area contributed by atoms with E-state index < -0.39 is 34.4 Å². The van der Waals surface area contributed by atoms with Crippen molar-refractivity contribution in [2.75, 3.05) is 39.3 Å². The minimum absolute atomic E-state index is 0.0817. The summed E-state index contributed by atoms with van der Waals surface area (Å²) >= 11 is 0. The van der Waals surface area contributed by atoms with Crippen molar-refractivity contribution >= 4 is 17.7 Å². The molecule has 0 bridgehead atoms. The second-order valence-corrected chi connectivity index (χ2v) is 14.6. The fourth-order valence-corrected chi connectivity index (χ4v) is 6.74. The van der Waals surface area contributed by atoms with Gasteiger partial charge in [-0.25, -0.2) is 0 Å². The van der Waals surface area contributed by atoms with Crippen molar-refractivity contribution in [3.8, 4) is 0 Å². The molecule has 6 aromatic rings. The van der Waals surface area contributed by atoms with Crippen LogP contribution in [0.1, 0.15) is 64.5 Å². The molecule has 6 rings (SSSR count). The smallest absolute Gasteiger partial charge is 0.254 e. The Morgan fingerprint density at radius 2 is 0.688 bits per heavy atom. The van der Waals surface area contributed by atoms with E-state index in [-0.39, 0.29) is 112 Å². The average Bonchev–Trinajstić information content (AvgIpc) is 3.31. The van der Waals surface area contributed by atoms with Crippen molar-refractivity contribution in [3.63, 3.8) is 0 Å². The SMILES string of the molecule is O=C(NCCN(CCNC(=O)c1cc[nH]c(=O)c1COCc1ccccc1)CCNC(=O)c1cc[nH]c(=O)c1COCc1ccccc1)c1cc[nH]c(=O)c1COCc1ccccc1. The van der Waals surface area contributed by atoms with Crippen molar-refractivity contribution in [3.05, 3.63) is 209 Å². The summed E-state index contributed by atoms with van der Waals surface area (Å²) in [6, 6.07) is 33.0. The molecule has 0 saturated heterocycles. The van der Waals surface area contributed by atoms with Gasteiger partial charge in [0.1, 0.15) is 0 Å². The summed E-state index contributed by atoms with van der Waals surface area (Å²) in [5.74, 6) is -1.42. The number of amides is 3. The molecule has 0 spiro atoms. The predicted octanol–water partition coefficient (Wildman–Crippen LogP) is 3.79. The largest absolute Gasteiger partial charge is 0.372 e. The van der Waals surface area contributed by atoms with Crippen LogP contribution in [0.15, 0.2) is 142 Å². The molecular weight excluding hydrogens is 819 g/mol. The zero-order chi connectivity index (χ0) is 44.9. The molecule has 16 heteroatoms. The van der Waals surface area contributed by atoms with Crippen molar-refractivity contribution in [1.29, 1.82) is 0 Å². The van der Waals surface area contributed by atoms with Crippen molar-refractivity contribution in [2.24, 2.45) is 0 Å². The zero-order valence-electron chi connectivity index (χ0n) is 35.2. The van der Waals surface area contributed by atoms with Crippen LogP contribution < -0.4 is 32.6 Å². The minimum Gasteiger partial charge on any atom is -0.372 e. The number of benzene rings is 3. The lowest BCUT2D eigenvalue weighted by Gasteiger charge is -2.23. The molecular formula is C48H51N7O9. The molecule has 0 fully saturated rings. The van der Waals surface area contributed by atoms with Gasteiger partial charge >= 0.3 is 0 Å². The number of nitrogens with zero attached hydrogens (tertiary/aromatic N) is 1. The molecule has 332 valence electrons. The standard InChI is InChI=1S/C48H51N7O9/c56-43(37-16-19-49-46(59)40(37)31-62-28-34-10-4-1-5-11-34)52-22-25-55(26-23-53-44(57)38-17-20-50-47(60)41(38)32-63-29-35-12-6-2-7-13-35)27-24-54-45(58)39-18-21-51-48(61)42(39)33-64-30-36-14-8-3-9-15-36/h1-21H,22-33H2,(H,49,59)(H,50,60)(H,51,61)(H,52,56)(H,53,57)(H,54,58). The highest BCUT2D eigenvalue weighted by Gasteiger charge is 2.19. The first-order valence-corrected chi connectivity index (χ1v) is 20.8. The number of ether oxygens (including phenoxy) is 3. The highest BCUT2D eigenvalue weighted by Crippen LogP contribution is 2.11. The molecule has 3 amide bonds. The number of carbonyl (C=O) groups is 3. The first-order chi connectivity index (χ1) is 31.3. The summed E-state index contributed by atoms with van der Waals surface area (Å²) in [7, 11) is 0. The number of aromatic amines is 3. The maximum atomic E-state index is 13.5. The Labute approximate surface area is 369 Å². The Balaban J connectivity index is 1.07. The van der Waals surface area contributed by atoms with Gasteiger partial charge in [-0.2, -0.15) is 0 Å². The van der Waals surface area contributed by atoms with Gasteiger partial charge in [0.2, 0.25) is 0 Å². The van der Waals surface area contributed by atoms with Crippen molar-refractivity contribution in [2.45, 2.75) is 39.6 Å². The van der Waals surface area contributed by atoms with Gasteiger partial charge < -0.3 is 45.1 Å². The van der Waals surface area contributed by atoms with Crippen LogP contribution in [0.25, 0.3) is 0 Å². The summed E-state index contributed by atoms with van der Waals surface area (Å²) in [5.41, 5.74) is 2.53. The van der Waals surface area contributed by atoms with E-state index in [2.05, 4.69) is 30.9 Å². The lowest BCUT2D eigenvalue weighted by Crippen LogP contribution is -2.43. The van der Waals surface area contributed by atoms with Crippen LogP contribution in [0.2, 0.25) is 0 Å². The highest BCUT2D eigenvalue weighted by molar-refractivity contribution is 5.96. The lowest BCUT2D eigenvalue weighted by atomic mass is 10.1. The van der Waals surface area contributed by atoms with E-state index in [1.165, 1.54) is 36.8 Å². The van der Waals surface area contributed by atoms with Gasteiger partial charge in [-0.05, 0) is 34.9 Å². The van der Waals surface area contributed by atoms with Gasteiger partial charge in [-0.1, -0.05) is 91.0 Å². The number of nitrogens with one attached hydrogen (secondary N) is 6. The normalized spacial score (nSPS) is 11.0. The van der Waals surface area contributed by atoms with E-state index in [0.29, 0.717) is 0 Å². The third kappa shape index (κ3) is 13.9. The number of hydrogen-bond donors (Lipinski definition) is 6. The molecule has 64 heavy (non-hydrogen) atoms. The van der Waals surface area contributed by atoms with E-state index in [0.717, 1.165) is 16.7 Å². The molecule has 0 atom stereocenters. The van der Waals surface area contributed by atoms with E-state index in [4.69, 9.17) is 14.2 Å². The Bertz CT molecular complexity index is 2330. The van der Waals surface area contributed by atoms with E-state index in [1.54, 1.807) is 0 Å². The Kier molecular flexibility index (Phi) is 17.6. The maximum absolute atomic E-state index is 13.5. The number of carbonyl (C=O) groups excluding carboxylic acids is 3. The van der Waals surface area contributed by atoms with Gasteiger partial charge in [-0.15, -0.1) is 0 Å². The summed E-state index contributed by atoms with van der Waals surface area (Å²) in [5, 5.41) is 8.63. The summed E-state index contributed by atoms with van der Waals surface area (Å²) < 4.78 is 17.4. The fourth-order valence-electron chi connectivity index (χ4n) is 6.74. The van der Waals surface area contributed by atoms with Crippen LogP contribution in [0.5, 0.6) is 0 Å². The number of rotatable bonds is 24. The van der Waals surface area contributed by atoms with E-state index >= 15 is 0 Å². The first-order valence-electron chi connectivity index (χ1n) is 20.8. The van der Waals surface area contributed by atoms with Crippen LogP contribution in [0.3, 0.4) is 0 Å². The second-order valence-electron chi connectivity index (χ2n) is 14.6. The minimum atomic E-state index is -0.474. The monoisotopic (exact) mass is 869 g/mol. The molecule has 0 unspecified atom stereocenters. The van der Waals surface area contributed by atoms with Crippen LogP contribution in [-0.2, 0) is 53.9 Å². The number of aromatic nitrogens is 3. The molecule has 3 heterocycles. The predicted molar refractivity (Wildman–Crippen MR) is 239 cm³/mol. The molecule has 0 aliphatic carbocycles. The quantitative estimate of drug-likeness (QED) is 0.0518. The number of pyridine rings is 3. The van der Waals surface area contributed by atoms with Crippen LogP contribution >= 0.6 is 0 Å². The van der Waals surface area contributed by atoms with E-state index in [9.17, 15) is 28.8 Å². The van der Waals surface area contributed by atoms with Crippen LogP contribution in [0, 0.1) is 0 Å². The maximum Gasteiger partial charge on any atom is 0.254 e.